The van der Waals surface area contributed by atoms with Crippen LogP contribution in [0, 0.1) is 0 Å². The Morgan fingerprint density at radius 3 is 3.08 bits per heavy atom. The monoisotopic (exact) mass is 197 g/mol. The number of carbonyl (C=O) groups excluding carboxylic acids is 1. The molecule has 4 nitrogen and oxygen atoms in total. The Hall–Kier alpha value is -1.16. The lowest BCUT2D eigenvalue weighted by Crippen LogP contribution is -2.40. The first-order chi connectivity index (χ1) is 6.22. The summed E-state index contributed by atoms with van der Waals surface area (Å²) in [6.45, 7) is 2.74. The highest BCUT2D eigenvalue weighted by Crippen LogP contribution is 2.17. The van der Waals surface area contributed by atoms with Gasteiger partial charge in [0.15, 0.2) is 6.04 Å². The Bertz CT molecular complexity index is 345. The maximum atomic E-state index is 11.4. The molecule has 0 aromatic heterocycles. The summed E-state index contributed by atoms with van der Waals surface area (Å²) in [5, 5.41) is 0.0267. The average molecular weight is 198 g/mol. The number of amidine groups is 1. The van der Waals surface area contributed by atoms with Crippen molar-refractivity contribution in [3.63, 3.8) is 0 Å². The van der Waals surface area contributed by atoms with Gasteiger partial charge in [0.1, 0.15) is 0 Å². The van der Waals surface area contributed by atoms with Gasteiger partial charge in [0, 0.05) is 12.7 Å². The lowest BCUT2D eigenvalue weighted by molar-refractivity contribution is -0.119. The van der Waals surface area contributed by atoms with Gasteiger partial charge in [-0.15, -0.1) is 0 Å². The number of likely N-dealkylation sites (N-methyl/N-ethyl adjacent to an activating group) is 1. The van der Waals surface area contributed by atoms with Gasteiger partial charge in [-0.25, -0.2) is 4.99 Å². The Labute approximate surface area is 80.6 Å². The first kappa shape index (κ1) is 8.44. The largest absolute Gasteiger partial charge is 0.361 e. The summed E-state index contributed by atoms with van der Waals surface area (Å²) in [4.78, 5) is 20.9. The summed E-state index contributed by atoms with van der Waals surface area (Å²) in [6.07, 6.45) is 3.63. The SMILES string of the molecule is CCN1C=CC2=NC(Cl)=NC(=O)C21. The molecule has 0 radical (unpaired) electrons. The van der Waals surface area contributed by atoms with E-state index in [0.717, 1.165) is 6.54 Å². The first-order valence-corrected chi connectivity index (χ1v) is 4.40. The fraction of sp³-hybridized carbons (Fsp3) is 0.375. The Morgan fingerprint density at radius 2 is 2.38 bits per heavy atom. The van der Waals surface area contributed by atoms with Crippen LogP contribution < -0.4 is 0 Å². The van der Waals surface area contributed by atoms with E-state index in [2.05, 4.69) is 9.98 Å². The molecule has 0 bridgehead atoms. The van der Waals surface area contributed by atoms with Crippen LogP contribution in [0.4, 0.5) is 0 Å². The van der Waals surface area contributed by atoms with Crippen LogP contribution in [0.5, 0.6) is 0 Å². The summed E-state index contributed by atoms with van der Waals surface area (Å²) in [5.41, 5.74) is 0.687. The average Bonchev–Trinajstić information content (AvgIpc) is 2.47. The molecule has 68 valence electrons. The summed E-state index contributed by atoms with van der Waals surface area (Å²) >= 11 is 5.56. The van der Waals surface area contributed by atoms with E-state index in [-0.39, 0.29) is 17.2 Å². The second kappa shape index (κ2) is 2.96. The molecule has 0 N–H and O–H groups in total. The van der Waals surface area contributed by atoms with Crippen molar-refractivity contribution in [2.24, 2.45) is 9.98 Å². The maximum Gasteiger partial charge on any atom is 0.277 e. The molecule has 1 atom stereocenters. The van der Waals surface area contributed by atoms with Gasteiger partial charge in [0.05, 0.1) is 5.71 Å². The number of aliphatic imine (C=N–C) groups is 2. The zero-order chi connectivity index (χ0) is 9.42. The van der Waals surface area contributed by atoms with Crippen LogP contribution in [0.15, 0.2) is 22.3 Å². The minimum Gasteiger partial charge on any atom is -0.361 e. The third kappa shape index (κ3) is 1.27. The second-order valence-corrected chi connectivity index (χ2v) is 3.14. The smallest absolute Gasteiger partial charge is 0.277 e. The van der Waals surface area contributed by atoms with E-state index in [1.807, 2.05) is 18.0 Å². The molecule has 0 aliphatic carbocycles. The lowest BCUT2D eigenvalue weighted by Gasteiger charge is -2.22. The van der Waals surface area contributed by atoms with Gasteiger partial charge >= 0.3 is 0 Å². The normalized spacial score (nSPS) is 25.8. The summed E-state index contributed by atoms with van der Waals surface area (Å²) in [6, 6.07) is -0.340. The van der Waals surface area contributed by atoms with Crippen LogP contribution in [0.3, 0.4) is 0 Å². The molecule has 2 aliphatic rings. The van der Waals surface area contributed by atoms with Crippen molar-refractivity contribution in [2.45, 2.75) is 13.0 Å². The van der Waals surface area contributed by atoms with E-state index in [0.29, 0.717) is 5.71 Å². The number of carbonyl (C=O) groups is 1. The Balaban J connectivity index is 2.35. The van der Waals surface area contributed by atoms with E-state index in [1.165, 1.54) is 0 Å². The minimum absolute atomic E-state index is 0.0267. The molecule has 1 amide bonds. The number of hydrogen-bond acceptors (Lipinski definition) is 3. The van der Waals surface area contributed by atoms with Crippen LogP contribution >= 0.6 is 11.6 Å². The molecule has 0 fully saturated rings. The van der Waals surface area contributed by atoms with E-state index in [4.69, 9.17) is 11.6 Å². The van der Waals surface area contributed by atoms with Crippen molar-refractivity contribution in [3.05, 3.63) is 12.3 Å². The number of hydrogen-bond donors (Lipinski definition) is 0. The van der Waals surface area contributed by atoms with Gasteiger partial charge in [-0.3, -0.25) is 4.79 Å². The van der Waals surface area contributed by atoms with E-state index in [1.54, 1.807) is 6.08 Å². The molecular formula is C8H8ClN3O. The maximum absolute atomic E-state index is 11.4. The van der Waals surface area contributed by atoms with Gasteiger partial charge in [-0.05, 0) is 24.6 Å². The molecule has 13 heavy (non-hydrogen) atoms. The Kier molecular flexibility index (Phi) is 1.92. The van der Waals surface area contributed by atoms with Crippen LogP contribution in [0.25, 0.3) is 0 Å². The third-order valence-electron chi connectivity index (χ3n) is 2.07. The molecule has 2 heterocycles. The van der Waals surface area contributed by atoms with E-state index >= 15 is 0 Å². The van der Waals surface area contributed by atoms with Crippen molar-refractivity contribution in [2.75, 3.05) is 6.54 Å². The molecule has 0 saturated heterocycles. The quantitative estimate of drug-likeness (QED) is 0.584. The molecule has 0 spiro atoms. The summed E-state index contributed by atoms with van der Waals surface area (Å²) in [7, 11) is 0. The fourth-order valence-electron chi connectivity index (χ4n) is 1.46. The van der Waals surface area contributed by atoms with Crippen LogP contribution in [-0.4, -0.2) is 34.4 Å². The van der Waals surface area contributed by atoms with Crippen molar-refractivity contribution in [1.29, 1.82) is 0 Å². The molecule has 0 saturated carbocycles. The molecule has 0 aromatic rings. The predicted molar refractivity (Wildman–Crippen MR) is 51.0 cm³/mol. The number of nitrogens with zero attached hydrogens (tertiary/aromatic N) is 3. The minimum atomic E-state index is -0.340. The molecule has 2 aliphatic heterocycles. The van der Waals surface area contributed by atoms with Gasteiger partial charge < -0.3 is 4.90 Å². The zero-order valence-electron chi connectivity index (χ0n) is 7.07. The standard InChI is InChI=1S/C8H8ClN3O/c1-2-12-4-3-5-6(12)7(13)11-8(9)10-5/h3-4,6H,2H2,1H3. The van der Waals surface area contributed by atoms with Gasteiger partial charge in [-0.1, -0.05) is 0 Å². The second-order valence-electron chi connectivity index (χ2n) is 2.80. The van der Waals surface area contributed by atoms with Crippen molar-refractivity contribution in [3.8, 4) is 0 Å². The van der Waals surface area contributed by atoms with Crippen LogP contribution in [-0.2, 0) is 4.79 Å². The first-order valence-electron chi connectivity index (χ1n) is 4.03. The van der Waals surface area contributed by atoms with Crippen molar-refractivity contribution < 1.29 is 4.79 Å². The summed E-state index contributed by atoms with van der Waals surface area (Å²) < 4.78 is 0. The number of fused-ring (bicyclic) bond motifs is 1. The zero-order valence-corrected chi connectivity index (χ0v) is 7.82. The summed E-state index contributed by atoms with van der Waals surface area (Å²) in [5.74, 6) is -0.234. The molecule has 5 heteroatoms. The molecular weight excluding hydrogens is 190 g/mol. The Morgan fingerprint density at radius 1 is 1.62 bits per heavy atom. The van der Waals surface area contributed by atoms with E-state index < -0.39 is 0 Å². The van der Waals surface area contributed by atoms with Crippen molar-refractivity contribution >= 4 is 28.5 Å². The highest BCUT2D eigenvalue weighted by atomic mass is 35.5. The van der Waals surface area contributed by atoms with Crippen LogP contribution in [0.1, 0.15) is 6.92 Å². The molecule has 0 aromatic carbocycles. The third-order valence-corrected chi connectivity index (χ3v) is 2.24. The molecule has 1 unspecified atom stereocenters. The van der Waals surface area contributed by atoms with Crippen LogP contribution in [0.2, 0.25) is 0 Å². The number of amides is 1. The van der Waals surface area contributed by atoms with Gasteiger partial charge in [0.25, 0.3) is 5.91 Å². The van der Waals surface area contributed by atoms with Crippen molar-refractivity contribution in [1.82, 2.24) is 4.90 Å². The highest BCUT2D eigenvalue weighted by Gasteiger charge is 2.33. The predicted octanol–water partition coefficient (Wildman–Crippen LogP) is 0.780. The van der Waals surface area contributed by atoms with Gasteiger partial charge in [0.2, 0.25) is 5.29 Å². The fourth-order valence-corrected chi connectivity index (χ4v) is 1.64. The molecule has 2 rings (SSSR count). The topological polar surface area (TPSA) is 45.0 Å². The highest BCUT2D eigenvalue weighted by molar-refractivity contribution is 6.67. The van der Waals surface area contributed by atoms with E-state index in [9.17, 15) is 4.79 Å². The lowest BCUT2D eigenvalue weighted by atomic mass is 10.1. The number of rotatable bonds is 1. The van der Waals surface area contributed by atoms with Gasteiger partial charge in [-0.2, -0.15) is 4.99 Å². The number of halogens is 1.